The quantitative estimate of drug-likeness (QED) is 0.557. The summed E-state index contributed by atoms with van der Waals surface area (Å²) in [4.78, 5) is 34.2. The number of carbonyl (C=O) groups is 2. The molecular formula is C26H31N3O4. The van der Waals surface area contributed by atoms with Gasteiger partial charge in [0.15, 0.2) is 0 Å². The maximum atomic E-state index is 12.4. The number of ether oxygens (including phenoxy) is 2. The van der Waals surface area contributed by atoms with Crippen molar-refractivity contribution in [2.45, 2.75) is 58.2 Å². The summed E-state index contributed by atoms with van der Waals surface area (Å²) in [6.07, 6.45) is 5.36. The van der Waals surface area contributed by atoms with Gasteiger partial charge in [0.25, 0.3) is 0 Å². The highest BCUT2D eigenvalue weighted by atomic mass is 16.6. The maximum Gasteiger partial charge on any atom is 0.410 e. The molecule has 174 valence electrons. The summed E-state index contributed by atoms with van der Waals surface area (Å²) in [5.74, 6) is 0.0438. The van der Waals surface area contributed by atoms with E-state index in [9.17, 15) is 9.59 Å². The van der Waals surface area contributed by atoms with E-state index in [-0.39, 0.29) is 25.1 Å². The van der Waals surface area contributed by atoms with Crippen molar-refractivity contribution in [1.82, 2.24) is 14.9 Å². The lowest BCUT2D eigenvalue weighted by Crippen LogP contribution is -2.41. The van der Waals surface area contributed by atoms with E-state index < -0.39 is 5.60 Å². The second kappa shape index (κ2) is 9.65. The third-order valence-corrected chi connectivity index (χ3v) is 5.80. The standard InChI is InChI=1S/C26H31N3O4/c1-26(2,3)33-25(31)29-11-9-20(10-12-29)22-16-28-24-21(22)13-19(15-27-24)14-23(30)32-17-18-7-5-4-6-8-18/h4-8,13,15-16,20H,9-12,14,17H2,1-3H3,(H,27,28). The summed E-state index contributed by atoms with van der Waals surface area (Å²) in [6.45, 7) is 7.22. The van der Waals surface area contributed by atoms with Crippen LogP contribution in [0.3, 0.4) is 0 Å². The van der Waals surface area contributed by atoms with Gasteiger partial charge in [-0.05, 0) is 62.3 Å². The van der Waals surface area contributed by atoms with Gasteiger partial charge in [-0.25, -0.2) is 9.78 Å². The topological polar surface area (TPSA) is 84.5 Å². The Morgan fingerprint density at radius 3 is 2.55 bits per heavy atom. The lowest BCUT2D eigenvalue weighted by Gasteiger charge is -2.33. The number of hydrogen-bond acceptors (Lipinski definition) is 5. The third kappa shape index (κ3) is 5.92. The number of H-pyrrole nitrogens is 1. The minimum absolute atomic E-state index is 0.178. The first-order valence-corrected chi connectivity index (χ1v) is 11.4. The lowest BCUT2D eigenvalue weighted by atomic mass is 9.89. The highest BCUT2D eigenvalue weighted by Gasteiger charge is 2.28. The van der Waals surface area contributed by atoms with Crippen LogP contribution < -0.4 is 0 Å². The van der Waals surface area contributed by atoms with Gasteiger partial charge in [0.2, 0.25) is 0 Å². The Morgan fingerprint density at radius 1 is 1.12 bits per heavy atom. The molecule has 1 aliphatic heterocycles. The Hall–Kier alpha value is -3.35. The van der Waals surface area contributed by atoms with Crippen LogP contribution in [0.4, 0.5) is 4.79 Å². The average molecular weight is 450 g/mol. The second-order valence-corrected chi connectivity index (χ2v) is 9.55. The molecule has 7 nitrogen and oxygen atoms in total. The molecule has 1 fully saturated rings. The van der Waals surface area contributed by atoms with Gasteiger partial charge in [0, 0.05) is 30.9 Å². The Kier molecular flexibility index (Phi) is 6.67. The summed E-state index contributed by atoms with van der Waals surface area (Å²) >= 11 is 0. The van der Waals surface area contributed by atoms with Crippen molar-refractivity contribution >= 4 is 23.1 Å². The molecule has 1 saturated heterocycles. The van der Waals surface area contributed by atoms with Crippen LogP contribution in [-0.2, 0) is 27.3 Å². The van der Waals surface area contributed by atoms with Crippen LogP contribution in [-0.4, -0.2) is 45.6 Å². The zero-order chi connectivity index (χ0) is 23.4. The van der Waals surface area contributed by atoms with Crippen molar-refractivity contribution in [3.05, 3.63) is 65.5 Å². The van der Waals surface area contributed by atoms with Crippen molar-refractivity contribution in [3.8, 4) is 0 Å². The fourth-order valence-corrected chi connectivity index (χ4v) is 4.16. The number of nitrogens with one attached hydrogen (secondary N) is 1. The Morgan fingerprint density at radius 2 is 1.85 bits per heavy atom. The van der Waals surface area contributed by atoms with Gasteiger partial charge in [-0.2, -0.15) is 0 Å². The summed E-state index contributed by atoms with van der Waals surface area (Å²) in [5, 5.41) is 1.03. The molecule has 0 atom stereocenters. The van der Waals surface area contributed by atoms with Gasteiger partial charge in [0.1, 0.15) is 17.9 Å². The Balaban J connectivity index is 1.38. The first kappa shape index (κ1) is 22.8. The van der Waals surface area contributed by atoms with E-state index in [4.69, 9.17) is 9.47 Å². The number of pyridine rings is 1. The van der Waals surface area contributed by atoms with Crippen LogP contribution >= 0.6 is 0 Å². The van der Waals surface area contributed by atoms with Crippen molar-refractivity contribution in [1.29, 1.82) is 0 Å². The number of carbonyl (C=O) groups excluding carboxylic acids is 2. The first-order chi connectivity index (χ1) is 15.8. The number of hydrogen-bond donors (Lipinski definition) is 1. The number of aromatic amines is 1. The zero-order valence-corrected chi connectivity index (χ0v) is 19.5. The molecule has 0 aliphatic carbocycles. The van der Waals surface area contributed by atoms with E-state index >= 15 is 0 Å². The normalized spacial score (nSPS) is 14.9. The number of likely N-dealkylation sites (tertiary alicyclic amines) is 1. The molecule has 1 aliphatic rings. The molecule has 33 heavy (non-hydrogen) atoms. The third-order valence-electron chi connectivity index (χ3n) is 5.80. The number of benzene rings is 1. The molecule has 0 saturated carbocycles. The van der Waals surface area contributed by atoms with Gasteiger partial charge >= 0.3 is 12.1 Å². The van der Waals surface area contributed by atoms with Crippen LogP contribution in [0.25, 0.3) is 11.0 Å². The van der Waals surface area contributed by atoms with Crippen LogP contribution in [0.2, 0.25) is 0 Å². The highest BCUT2D eigenvalue weighted by Crippen LogP contribution is 2.33. The van der Waals surface area contributed by atoms with Gasteiger partial charge in [-0.3, -0.25) is 4.79 Å². The number of aromatic nitrogens is 2. The number of esters is 1. The molecule has 3 heterocycles. The summed E-state index contributed by atoms with van der Waals surface area (Å²) in [5.41, 5.74) is 3.29. The highest BCUT2D eigenvalue weighted by molar-refractivity contribution is 5.82. The van der Waals surface area contributed by atoms with Gasteiger partial charge in [-0.1, -0.05) is 30.3 Å². The minimum Gasteiger partial charge on any atom is -0.461 e. The van der Waals surface area contributed by atoms with Crippen molar-refractivity contribution in [3.63, 3.8) is 0 Å². The summed E-state index contributed by atoms with van der Waals surface area (Å²) in [7, 11) is 0. The minimum atomic E-state index is -0.491. The van der Waals surface area contributed by atoms with Crippen LogP contribution in [0, 0.1) is 0 Å². The zero-order valence-electron chi connectivity index (χ0n) is 19.5. The van der Waals surface area contributed by atoms with Gasteiger partial charge in [-0.15, -0.1) is 0 Å². The molecule has 1 amide bonds. The predicted octanol–water partition coefficient (Wildman–Crippen LogP) is 4.96. The molecule has 0 bridgehead atoms. The Labute approximate surface area is 194 Å². The molecule has 0 spiro atoms. The molecule has 2 aromatic heterocycles. The number of rotatable bonds is 5. The second-order valence-electron chi connectivity index (χ2n) is 9.55. The number of amides is 1. The molecular weight excluding hydrogens is 418 g/mol. The Bertz CT molecular complexity index is 1110. The maximum absolute atomic E-state index is 12.4. The van der Waals surface area contributed by atoms with Crippen molar-refractivity contribution < 1.29 is 19.1 Å². The number of fused-ring (bicyclic) bond motifs is 1. The largest absolute Gasteiger partial charge is 0.461 e. The molecule has 7 heteroatoms. The van der Waals surface area contributed by atoms with E-state index in [2.05, 4.69) is 9.97 Å². The molecule has 3 aromatic rings. The fraction of sp³-hybridized carbons (Fsp3) is 0.423. The van der Waals surface area contributed by atoms with E-state index in [0.29, 0.717) is 19.0 Å². The van der Waals surface area contributed by atoms with E-state index in [1.54, 1.807) is 11.1 Å². The number of nitrogens with zero attached hydrogens (tertiary/aromatic N) is 2. The summed E-state index contributed by atoms with van der Waals surface area (Å²) < 4.78 is 10.9. The van der Waals surface area contributed by atoms with Gasteiger partial charge < -0.3 is 19.4 Å². The van der Waals surface area contributed by atoms with Crippen molar-refractivity contribution in [2.75, 3.05) is 13.1 Å². The van der Waals surface area contributed by atoms with Crippen LogP contribution in [0.1, 0.15) is 56.2 Å². The SMILES string of the molecule is CC(C)(C)OC(=O)N1CCC(c2c[nH]c3ncc(CC(=O)OCc4ccccc4)cc23)CC1. The molecule has 1 N–H and O–H groups in total. The average Bonchev–Trinajstić information content (AvgIpc) is 3.21. The molecule has 4 rings (SSSR count). The predicted molar refractivity (Wildman–Crippen MR) is 126 cm³/mol. The lowest BCUT2D eigenvalue weighted by molar-refractivity contribution is -0.144. The molecule has 0 unspecified atom stereocenters. The molecule has 1 aromatic carbocycles. The van der Waals surface area contributed by atoms with Crippen LogP contribution in [0.5, 0.6) is 0 Å². The van der Waals surface area contributed by atoms with Crippen LogP contribution in [0.15, 0.2) is 48.8 Å². The summed E-state index contributed by atoms with van der Waals surface area (Å²) in [6, 6.07) is 11.7. The van der Waals surface area contributed by atoms with E-state index in [1.165, 1.54) is 5.56 Å². The van der Waals surface area contributed by atoms with Gasteiger partial charge in [0.05, 0.1) is 6.42 Å². The smallest absolute Gasteiger partial charge is 0.410 e. The van der Waals surface area contributed by atoms with Crippen molar-refractivity contribution in [2.24, 2.45) is 0 Å². The first-order valence-electron chi connectivity index (χ1n) is 11.4. The fourth-order valence-electron chi connectivity index (χ4n) is 4.16. The molecule has 0 radical (unpaired) electrons. The monoisotopic (exact) mass is 449 g/mol. The number of piperidine rings is 1. The van der Waals surface area contributed by atoms with E-state index in [0.717, 1.165) is 35.0 Å². The van der Waals surface area contributed by atoms with E-state index in [1.807, 2.05) is 63.4 Å².